The Hall–Kier alpha value is -3.41. The molecule has 0 fully saturated rings. The molecule has 4 nitrogen and oxygen atoms in total. The van der Waals surface area contributed by atoms with Crippen LogP contribution >= 0.6 is 0 Å². The number of nitrogens with zero attached hydrogens (tertiary/aromatic N) is 2. The number of furan rings is 1. The third kappa shape index (κ3) is 3.10. The second-order valence-corrected chi connectivity index (χ2v) is 7.28. The highest BCUT2D eigenvalue weighted by atomic mass is 19.2. The molecule has 0 unspecified atom stereocenters. The Morgan fingerprint density at radius 2 is 1.83 bits per heavy atom. The van der Waals surface area contributed by atoms with Gasteiger partial charge in [-0.3, -0.25) is 4.79 Å². The van der Waals surface area contributed by atoms with Crippen LogP contribution < -0.4 is 0 Å². The topological polar surface area (TPSA) is 38.4 Å². The molecule has 0 saturated heterocycles. The van der Waals surface area contributed by atoms with Crippen molar-refractivity contribution in [2.24, 2.45) is 0 Å². The molecule has 6 heteroatoms. The lowest BCUT2D eigenvalue weighted by molar-refractivity contribution is 0.0724. The molecule has 3 heterocycles. The van der Waals surface area contributed by atoms with Crippen LogP contribution in [0.25, 0.3) is 11.1 Å². The lowest BCUT2D eigenvalue weighted by atomic mass is 10.00. The van der Waals surface area contributed by atoms with Crippen LogP contribution in [0.2, 0.25) is 0 Å². The van der Waals surface area contributed by atoms with E-state index in [1.807, 2.05) is 23.1 Å². The van der Waals surface area contributed by atoms with Crippen molar-refractivity contribution in [3.05, 3.63) is 94.9 Å². The second-order valence-electron chi connectivity index (χ2n) is 7.28. The summed E-state index contributed by atoms with van der Waals surface area (Å²) in [6, 6.07) is 15.4. The van der Waals surface area contributed by atoms with E-state index in [0.29, 0.717) is 29.9 Å². The van der Waals surface area contributed by atoms with E-state index in [0.717, 1.165) is 29.6 Å². The smallest absolute Gasteiger partial charge is 0.270 e. The van der Waals surface area contributed by atoms with E-state index < -0.39 is 11.6 Å². The molecule has 0 aliphatic carbocycles. The summed E-state index contributed by atoms with van der Waals surface area (Å²) in [7, 11) is 0. The van der Waals surface area contributed by atoms with Gasteiger partial charge in [-0.1, -0.05) is 30.3 Å². The van der Waals surface area contributed by atoms with Crippen LogP contribution in [0.4, 0.5) is 8.78 Å². The molecule has 0 radical (unpaired) electrons. The first-order valence-corrected chi connectivity index (χ1v) is 9.47. The maximum atomic E-state index is 13.7. The maximum Gasteiger partial charge on any atom is 0.270 e. The minimum Gasteiger partial charge on any atom is -0.463 e. The van der Waals surface area contributed by atoms with Crippen molar-refractivity contribution in [1.82, 2.24) is 9.47 Å². The van der Waals surface area contributed by atoms with Crippen molar-refractivity contribution in [3.8, 4) is 0 Å². The molecule has 4 aromatic rings. The largest absolute Gasteiger partial charge is 0.463 e. The van der Waals surface area contributed by atoms with Crippen molar-refractivity contribution in [2.75, 3.05) is 6.54 Å². The van der Waals surface area contributed by atoms with Gasteiger partial charge in [0.15, 0.2) is 17.2 Å². The van der Waals surface area contributed by atoms with E-state index in [9.17, 15) is 13.6 Å². The summed E-state index contributed by atoms with van der Waals surface area (Å²) in [5, 5.41) is 0. The molecule has 0 N–H and O–H groups in total. The molecule has 5 rings (SSSR count). The normalized spacial score (nSPS) is 13.7. The summed E-state index contributed by atoms with van der Waals surface area (Å²) in [5.74, 6) is -1.90. The van der Waals surface area contributed by atoms with Gasteiger partial charge in [-0.05, 0) is 35.2 Å². The third-order valence-electron chi connectivity index (χ3n) is 5.48. The first-order valence-electron chi connectivity index (χ1n) is 9.47. The predicted molar refractivity (Wildman–Crippen MR) is 105 cm³/mol. The number of benzene rings is 2. The van der Waals surface area contributed by atoms with Gasteiger partial charge in [-0.25, -0.2) is 8.78 Å². The SMILES string of the molecule is O=C(c1cc2occc2n1Cc1ccc(F)c(F)c1)N1CCc2ccccc2C1. The number of fused-ring (bicyclic) bond motifs is 2. The van der Waals surface area contributed by atoms with Crippen LogP contribution in [0, 0.1) is 11.6 Å². The van der Waals surface area contributed by atoms with Crippen molar-refractivity contribution < 1.29 is 18.0 Å². The third-order valence-corrected chi connectivity index (χ3v) is 5.48. The summed E-state index contributed by atoms with van der Waals surface area (Å²) in [6.07, 6.45) is 2.36. The number of hydrogen-bond acceptors (Lipinski definition) is 2. The lowest BCUT2D eigenvalue weighted by Crippen LogP contribution is -2.37. The highest BCUT2D eigenvalue weighted by Crippen LogP contribution is 2.26. The maximum absolute atomic E-state index is 13.7. The molecule has 146 valence electrons. The molecule has 2 aromatic carbocycles. The van der Waals surface area contributed by atoms with Crippen LogP contribution in [0.1, 0.15) is 27.2 Å². The standard InChI is InChI=1S/C23H18F2N2O2/c24-18-6-5-15(11-19(18)25)13-27-20-8-10-29-22(20)12-21(27)23(28)26-9-7-16-3-1-2-4-17(16)14-26/h1-6,8,10-12H,7,9,13-14H2. The zero-order valence-corrected chi connectivity index (χ0v) is 15.6. The Bertz CT molecular complexity index is 1220. The fourth-order valence-corrected chi connectivity index (χ4v) is 3.98. The Morgan fingerprint density at radius 1 is 1.00 bits per heavy atom. The number of carbonyl (C=O) groups excluding carboxylic acids is 1. The monoisotopic (exact) mass is 392 g/mol. The summed E-state index contributed by atoms with van der Waals surface area (Å²) in [6.45, 7) is 1.42. The first-order chi connectivity index (χ1) is 14.1. The fourth-order valence-electron chi connectivity index (χ4n) is 3.98. The Labute approximate surface area is 166 Å². The van der Waals surface area contributed by atoms with Gasteiger partial charge in [0.05, 0.1) is 11.8 Å². The van der Waals surface area contributed by atoms with Crippen LogP contribution in [0.3, 0.4) is 0 Å². The van der Waals surface area contributed by atoms with E-state index in [1.165, 1.54) is 11.6 Å². The lowest BCUT2D eigenvalue weighted by Gasteiger charge is -2.29. The predicted octanol–water partition coefficient (Wildman–Crippen LogP) is 4.76. The van der Waals surface area contributed by atoms with E-state index in [-0.39, 0.29) is 12.5 Å². The van der Waals surface area contributed by atoms with Crippen LogP contribution in [-0.2, 0) is 19.5 Å². The highest BCUT2D eigenvalue weighted by Gasteiger charge is 2.26. The molecule has 2 aromatic heterocycles. The van der Waals surface area contributed by atoms with E-state index in [1.54, 1.807) is 23.0 Å². The van der Waals surface area contributed by atoms with Crippen molar-refractivity contribution in [2.45, 2.75) is 19.5 Å². The van der Waals surface area contributed by atoms with Crippen molar-refractivity contribution >= 4 is 17.0 Å². The van der Waals surface area contributed by atoms with Gasteiger partial charge in [-0.2, -0.15) is 0 Å². The number of rotatable bonds is 3. The summed E-state index contributed by atoms with van der Waals surface area (Å²) in [4.78, 5) is 15.2. The fraction of sp³-hybridized carbons (Fsp3) is 0.174. The van der Waals surface area contributed by atoms with Crippen molar-refractivity contribution in [1.29, 1.82) is 0 Å². The zero-order valence-electron chi connectivity index (χ0n) is 15.6. The summed E-state index contributed by atoms with van der Waals surface area (Å²) < 4.78 is 34.3. The molecule has 0 atom stereocenters. The number of halogens is 2. The van der Waals surface area contributed by atoms with Crippen molar-refractivity contribution in [3.63, 3.8) is 0 Å². The molecule has 29 heavy (non-hydrogen) atoms. The van der Waals surface area contributed by atoms with Gasteiger partial charge in [0.2, 0.25) is 0 Å². The Kier molecular flexibility index (Phi) is 4.19. The van der Waals surface area contributed by atoms with Gasteiger partial charge in [0.25, 0.3) is 5.91 Å². The Morgan fingerprint density at radius 3 is 2.66 bits per heavy atom. The quantitative estimate of drug-likeness (QED) is 0.504. The van der Waals surface area contributed by atoms with E-state index >= 15 is 0 Å². The van der Waals surface area contributed by atoms with Gasteiger partial charge in [-0.15, -0.1) is 0 Å². The molecule has 0 bridgehead atoms. The molecular formula is C23H18F2N2O2. The van der Waals surface area contributed by atoms with Gasteiger partial charge in [0, 0.05) is 31.8 Å². The molecular weight excluding hydrogens is 374 g/mol. The van der Waals surface area contributed by atoms with E-state index in [4.69, 9.17) is 4.42 Å². The number of hydrogen-bond donors (Lipinski definition) is 0. The number of carbonyl (C=O) groups is 1. The number of amides is 1. The van der Waals surface area contributed by atoms with E-state index in [2.05, 4.69) is 6.07 Å². The molecule has 1 amide bonds. The van der Waals surface area contributed by atoms with Crippen LogP contribution in [0.5, 0.6) is 0 Å². The van der Waals surface area contributed by atoms with Crippen LogP contribution in [-0.4, -0.2) is 21.9 Å². The summed E-state index contributed by atoms with van der Waals surface area (Å²) >= 11 is 0. The van der Waals surface area contributed by atoms with Gasteiger partial charge in [0.1, 0.15) is 5.69 Å². The van der Waals surface area contributed by atoms with Gasteiger partial charge < -0.3 is 13.9 Å². The molecule has 1 aliphatic rings. The van der Waals surface area contributed by atoms with Gasteiger partial charge >= 0.3 is 0 Å². The average molecular weight is 392 g/mol. The second kappa shape index (κ2) is 6.88. The number of aromatic nitrogens is 1. The zero-order chi connectivity index (χ0) is 20.0. The van der Waals surface area contributed by atoms with Crippen LogP contribution in [0.15, 0.2) is 65.3 Å². The highest BCUT2D eigenvalue weighted by molar-refractivity contribution is 5.97. The molecule has 0 saturated carbocycles. The summed E-state index contributed by atoms with van der Waals surface area (Å²) in [5.41, 5.74) is 4.80. The molecule has 1 aliphatic heterocycles. The Balaban J connectivity index is 1.50. The average Bonchev–Trinajstić information content (AvgIpc) is 3.32. The molecule has 0 spiro atoms. The minimum absolute atomic E-state index is 0.103. The first kappa shape index (κ1) is 17.7. The minimum atomic E-state index is -0.904.